The molecule has 0 unspecified atom stereocenters. The molecule has 0 aliphatic heterocycles. The Kier molecular flexibility index (Phi) is 7.42. The van der Waals surface area contributed by atoms with Gasteiger partial charge in [0.05, 0.1) is 6.33 Å². The number of aryl methyl sites for hydroxylation is 1. The molecule has 1 rings (SSSR count). The SMILES string of the molecule is Cn1ccnc1.[Mn].[Ni]. The van der Waals surface area contributed by atoms with Gasteiger partial charge in [-0.05, 0) is 0 Å². The maximum Gasteiger partial charge on any atom is 0.0943 e. The van der Waals surface area contributed by atoms with E-state index in [1.54, 1.807) is 12.5 Å². The van der Waals surface area contributed by atoms with Crippen LogP contribution < -0.4 is 0 Å². The van der Waals surface area contributed by atoms with Crippen LogP contribution in [-0.2, 0) is 40.6 Å². The zero-order chi connectivity index (χ0) is 4.41. The number of hydrogen-bond acceptors (Lipinski definition) is 1. The van der Waals surface area contributed by atoms with Crippen LogP contribution in [0.5, 0.6) is 0 Å². The summed E-state index contributed by atoms with van der Waals surface area (Å²) in [6.45, 7) is 0. The normalized spacial score (nSPS) is 6.62. The van der Waals surface area contributed by atoms with E-state index in [4.69, 9.17) is 0 Å². The Hall–Kier alpha value is 0.223. The summed E-state index contributed by atoms with van der Waals surface area (Å²) in [7, 11) is 1.94. The van der Waals surface area contributed by atoms with E-state index in [2.05, 4.69) is 4.98 Å². The first-order valence-electron chi connectivity index (χ1n) is 1.81. The van der Waals surface area contributed by atoms with Crippen LogP contribution >= 0.6 is 0 Å². The van der Waals surface area contributed by atoms with Crippen LogP contribution in [0.3, 0.4) is 0 Å². The van der Waals surface area contributed by atoms with Gasteiger partial charge in [-0.2, -0.15) is 0 Å². The van der Waals surface area contributed by atoms with Gasteiger partial charge in [0.1, 0.15) is 0 Å². The van der Waals surface area contributed by atoms with Crippen LogP contribution in [0.25, 0.3) is 0 Å². The fraction of sp³-hybridized carbons (Fsp3) is 0.250. The molecule has 1 aromatic heterocycles. The molecule has 4 heteroatoms. The maximum absolute atomic E-state index is 3.78. The van der Waals surface area contributed by atoms with Gasteiger partial charge in [-0.3, -0.25) is 0 Å². The van der Waals surface area contributed by atoms with Crippen LogP contribution in [0.15, 0.2) is 18.7 Å². The Bertz CT molecular complexity index is 118. The van der Waals surface area contributed by atoms with Gasteiger partial charge < -0.3 is 4.57 Å². The second kappa shape index (κ2) is 5.36. The van der Waals surface area contributed by atoms with Crippen molar-refractivity contribution < 1.29 is 33.6 Å². The third-order valence-electron chi connectivity index (χ3n) is 0.637. The smallest absolute Gasteiger partial charge is 0.0943 e. The van der Waals surface area contributed by atoms with E-state index in [-0.39, 0.29) is 33.6 Å². The second-order valence-corrected chi connectivity index (χ2v) is 1.23. The predicted octanol–water partition coefficient (Wildman–Crippen LogP) is 0.415. The topological polar surface area (TPSA) is 17.8 Å². The summed E-state index contributed by atoms with van der Waals surface area (Å²) < 4.78 is 1.89. The molecule has 0 saturated heterocycles. The number of nitrogens with zero attached hydrogens (tertiary/aromatic N) is 2. The Morgan fingerprint density at radius 3 is 2.25 bits per heavy atom. The van der Waals surface area contributed by atoms with Crippen LogP contribution in [-0.4, -0.2) is 9.55 Å². The molecule has 1 heterocycles. The largest absolute Gasteiger partial charge is 0.341 e. The minimum atomic E-state index is 0. The second-order valence-electron chi connectivity index (χ2n) is 1.23. The van der Waals surface area contributed by atoms with E-state index in [0.717, 1.165) is 0 Å². The monoisotopic (exact) mass is 195 g/mol. The summed E-state index contributed by atoms with van der Waals surface area (Å²) >= 11 is 0. The fourth-order valence-electron chi connectivity index (χ4n) is 0.326. The molecule has 0 spiro atoms. The zero-order valence-corrected chi connectivity index (χ0v) is 6.49. The number of rotatable bonds is 0. The maximum atomic E-state index is 3.78. The molecule has 2 nitrogen and oxygen atoms in total. The van der Waals surface area contributed by atoms with Crippen molar-refractivity contribution in [3.63, 3.8) is 0 Å². The van der Waals surface area contributed by atoms with Crippen LogP contribution in [0, 0.1) is 0 Å². The number of aromatic nitrogens is 2. The Labute approximate surface area is 69.1 Å². The van der Waals surface area contributed by atoms with Crippen molar-refractivity contribution in [2.45, 2.75) is 0 Å². The van der Waals surface area contributed by atoms with E-state index in [0.29, 0.717) is 0 Å². The molecule has 0 aliphatic rings. The standard InChI is InChI=1S/C4H6N2.Mn.Ni/c1-6-3-2-5-4-6;;/h2-4H,1H3;;. The molecule has 0 saturated carbocycles. The molecular formula is C4H6MnN2Ni. The molecule has 0 aromatic carbocycles. The first kappa shape index (κ1) is 11.1. The minimum Gasteiger partial charge on any atom is -0.341 e. The number of hydrogen-bond donors (Lipinski definition) is 0. The van der Waals surface area contributed by atoms with E-state index < -0.39 is 0 Å². The van der Waals surface area contributed by atoms with Crippen molar-refractivity contribution in [3.05, 3.63) is 18.7 Å². The van der Waals surface area contributed by atoms with E-state index in [1.807, 2.05) is 17.8 Å². The summed E-state index contributed by atoms with van der Waals surface area (Å²) in [5.74, 6) is 0. The van der Waals surface area contributed by atoms with Gasteiger partial charge >= 0.3 is 0 Å². The fourth-order valence-corrected chi connectivity index (χ4v) is 0.326. The first-order valence-corrected chi connectivity index (χ1v) is 1.81. The summed E-state index contributed by atoms with van der Waals surface area (Å²) in [4.78, 5) is 3.78. The van der Waals surface area contributed by atoms with Crippen molar-refractivity contribution in [2.24, 2.45) is 7.05 Å². The predicted molar refractivity (Wildman–Crippen MR) is 23.2 cm³/mol. The Morgan fingerprint density at radius 2 is 2.12 bits per heavy atom. The van der Waals surface area contributed by atoms with Crippen molar-refractivity contribution in [1.29, 1.82) is 0 Å². The molecule has 0 fully saturated rings. The van der Waals surface area contributed by atoms with Gasteiger partial charge in [-0.1, -0.05) is 0 Å². The van der Waals surface area contributed by atoms with Crippen molar-refractivity contribution >= 4 is 0 Å². The summed E-state index contributed by atoms with van der Waals surface area (Å²) in [5, 5.41) is 0. The Morgan fingerprint density at radius 1 is 1.50 bits per heavy atom. The van der Waals surface area contributed by atoms with E-state index >= 15 is 0 Å². The van der Waals surface area contributed by atoms with Crippen molar-refractivity contribution in [1.82, 2.24) is 9.55 Å². The van der Waals surface area contributed by atoms with Gasteiger partial charge in [0.2, 0.25) is 0 Å². The molecular weight excluding hydrogens is 190 g/mol. The van der Waals surface area contributed by atoms with Crippen molar-refractivity contribution in [2.75, 3.05) is 0 Å². The summed E-state index contributed by atoms with van der Waals surface area (Å²) in [5.41, 5.74) is 0. The van der Waals surface area contributed by atoms with Gasteiger partial charge in [0.25, 0.3) is 0 Å². The van der Waals surface area contributed by atoms with Gasteiger partial charge in [-0.25, -0.2) is 4.98 Å². The van der Waals surface area contributed by atoms with E-state index in [1.165, 1.54) is 0 Å². The molecule has 1 aromatic rings. The summed E-state index contributed by atoms with van der Waals surface area (Å²) in [6, 6.07) is 0. The first-order chi connectivity index (χ1) is 2.89. The molecule has 0 amide bonds. The van der Waals surface area contributed by atoms with E-state index in [9.17, 15) is 0 Å². The molecule has 49 valence electrons. The van der Waals surface area contributed by atoms with Crippen LogP contribution in [0.4, 0.5) is 0 Å². The third kappa shape index (κ3) is 3.25. The average molecular weight is 196 g/mol. The van der Waals surface area contributed by atoms with Crippen LogP contribution in [0.2, 0.25) is 0 Å². The molecule has 0 aliphatic carbocycles. The molecule has 0 N–H and O–H groups in total. The summed E-state index contributed by atoms with van der Waals surface area (Å²) in [6.07, 6.45) is 5.39. The van der Waals surface area contributed by atoms with Crippen molar-refractivity contribution in [3.8, 4) is 0 Å². The quantitative estimate of drug-likeness (QED) is 0.549. The Balaban J connectivity index is 0. The molecule has 8 heavy (non-hydrogen) atoms. The van der Waals surface area contributed by atoms with Gasteiger partial charge in [0.15, 0.2) is 0 Å². The molecule has 0 atom stereocenters. The molecule has 0 bridgehead atoms. The molecule has 1 radical (unpaired) electrons. The minimum absolute atomic E-state index is 0. The average Bonchev–Trinajstić information content (AvgIpc) is 1.86. The van der Waals surface area contributed by atoms with Crippen LogP contribution in [0.1, 0.15) is 0 Å². The van der Waals surface area contributed by atoms with Gasteiger partial charge in [-0.15, -0.1) is 0 Å². The van der Waals surface area contributed by atoms with Gasteiger partial charge in [0, 0.05) is 53.0 Å². The zero-order valence-electron chi connectivity index (χ0n) is 4.32. The number of imidazole rings is 1. The third-order valence-corrected chi connectivity index (χ3v) is 0.637.